The van der Waals surface area contributed by atoms with Gasteiger partial charge in [-0.3, -0.25) is 13.9 Å². The number of nitrogens with one attached hydrogen (secondary N) is 2. The lowest BCUT2D eigenvalue weighted by atomic mass is 9.96. The topological polar surface area (TPSA) is 185 Å². The Bertz CT molecular complexity index is 1440. The molecule has 16 heteroatoms. The molecule has 14 nitrogen and oxygen atoms in total. The van der Waals surface area contributed by atoms with E-state index in [0.717, 1.165) is 6.08 Å². The van der Waals surface area contributed by atoms with Gasteiger partial charge in [0.1, 0.15) is 24.0 Å². The Kier molecular flexibility index (Phi) is 8.94. The van der Waals surface area contributed by atoms with E-state index in [4.69, 9.17) is 24.3 Å². The van der Waals surface area contributed by atoms with E-state index >= 15 is 4.39 Å². The Labute approximate surface area is 235 Å². The molecule has 1 aliphatic heterocycles. The fraction of sp³-hybridized carbons (Fsp3) is 0.440. The Morgan fingerprint density at radius 3 is 2.68 bits per heavy atom. The summed E-state index contributed by atoms with van der Waals surface area (Å²) in [6, 6.07) is 6.99. The average molecular weight is 594 g/mol. The molecule has 5 N–H and O–H groups in total. The molecule has 4 rings (SSSR count). The van der Waals surface area contributed by atoms with Crippen molar-refractivity contribution < 1.29 is 37.4 Å². The maximum absolute atomic E-state index is 16.3. The van der Waals surface area contributed by atoms with Crippen molar-refractivity contribution in [3.05, 3.63) is 49.3 Å². The molecule has 41 heavy (non-hydrogen) atoms. The van der Waals surface area contributed by atoms with Gasteiger partial charge in [-0.05, 0) is 39.0 Å². The smallest absolute Gasteiger partial charge is 0.459 e. The van der Waals surface area contributed by atoms with Crippen LogP contribution in [0.2, 0.25) is 0 Å². The Morgan fingerprint density at radius 1 is 1.34 bits per heavy atom. The molecule has 1 fully saturated rings. The first-order chi connectivity index (χ1) is 19.4. The van der Waals surface area contributed by atoms with Gasteiger partial charge in [-0.25, -0.2) is 13.9 Å². The van der Waals surface area contributed by atoms with E-state index < -0.39 is 56.6 Å². The summed E-state index contributed by atoms with van der Waals surface area (Å²) in [4.78, 5) is 24.8. The van der Waals surface area contributed by atoms with E-state index in [1.165, 1.54) is 30.0 Å². The molecule has 6 atom stereocenters. The van der Waals surface area contributed by atoms with Crippen molar-refractivity contribution in [2.45, 2.75) is 57.0 Å². The van der Waals surface area contributed by atoms with Crippen molar-refractivity contribution >= 4 is 36.6 Å². The number of ether oxygens (including phenoxy) is 2. The number of nitrogens with two attached hydrogens (primary N) is 1. The number of hydrogen-bond acceptors (Lipinski definition) is 12. The van der Waals surface area contributed by atoms with E-state index in [9.17, 15) is 14.5 Å². The summed E-state index contributed by atoms with van der Waals surface area (Å²) >= 11 is 0. The fourth-order valence-corrected chi connectivity index (χ4v) is 5.69. The molecule has 0 radical (unpaired) electrons. The van der Waals surface area contributed by atoms with Crippen molar-refractivity contribution in [2.75, 3.05) is 24.7 Å². The molecule has 1 saturated heterocycles. The highest BCUT2D eigenvalue weighted by Crippen LogP contribution is 2.48. The van der Waals surface area contributed by atoms with Crippen molar-refractivity contribution in [2.24, 2.45) is 0 Å². The van der Waals surface area contributed by atoms with Gasteiger partial charge in [0, 0.05) is 7.05 Å². The number of rotatable bonds is 12. The first-order valence-corrected chi connectivity index (χ1v) is 14.3. The number of para-hydroxylation sites is 1. The second-order valence-electron chi connectivity index (χ2n) is 9.54. The van der Waals surface area contributed by atoms with Gasteiger partial charge in [-0.15, -0.1) is 0 Å². The first-order valence-electron chi connectivity index (χ1n) is 12.7. The summed E-state index contributed by atoms with van der Waals surface area (Å²) in [7, 11) is -2.70. The predicted octanol–water partition coefficient (Wildman–Crippen LogP) is 2.74. The normalized spacial score (nSPS) is 24.6. The van der Waals surface area contributed by atoms with Crippen LogP contribution < -0.4 is 20.7 Å². The highest BCUT2D eigenvalue weighted by atomic mass is 31.2. The number of carbonyl (C=O) groups excluding carboxylic acids is 1. The van der Waals surface area contributed by atoms with Gasteiger partial charge < -0.3 is 30.2 Å². The lowest BCUT2D eigenvalue weighted by Gasteiger charge is -2.26. The van der Waals surface area contributed by atoms with E-state index in [2.05, 4.69) is 31.9 Å². The van der Waals surface area contributed by atoms with Crippen molar-refractivity contribution in [3.8, 4) is 5.75 Å². The minimum absolute atomic E-state index is 0.0970. The number of esters is 1. The molecule has 222 valence electrons. The quantitative estimate of drug-likeness (QED) is 0.137. The van der Waals surface area contributed by atoms with Gasteiger partial charge in [0.2, 0.25) is 11.6 Å². The zero-order valence-electron chi connectivity index (χ0n) is 22.9. The van der Waals surface area contributed by atoms with Crippen LogP contribution in [-0.2, 0) is 23.4 Å². The number of aromatic nitrogens is 4. The second kappa shape index (κ2) is 12.1. The van der Waals surface area contributed by atoms with E-state index in [0.29, 0.717) is 5.82 Å². The van der Waals surface area contributed by atoms with Crippen LogP contribution in [0.4, 0.5) is 16.2 Å². The summed E-state index contributed by atoms with van der Waals surface area (Å²) in [6.45, 7) is 7.69. The molecule has 0 spiro atoms. The maximum Gasteiger partial charge on any atom is 0.459 e. The molecule has 0 bridgehead atoms. The van der Waals surface area contributed by atoms with Crippen LogP contribution in [0.25, 0.3) is 11.2 Å². The van der Waals surface area contributed by atoms with E-state index in [1.54, 1.807) is 39.1 Å². The number of aliphatic hydroxyl groups excluding tert-OH is 1. The van der Waals surface area contributed by atoms with Crippen LogP contribution in [0.15, 0.2) is 49.3 Å². The number of nitrogen functional groups attached to an aromatic ring is 1. The second-order valence-corrected chi connectivity index (χ2v) is 11.2. The number of carbonyl (C=O) groups is 1. The number of imidazole rings is 1. The Hall–Kier alpha value is -3.62. The number of fused-ring (bicyclic) bond motifs is 1. The van der Waals surface area contributed by atoms with Gasteiger partial charge >= 0.3 is 13.7 Å². The average Bonchev–Trinajstić information content (AvgIpc) is 3.45. The lowest BCUT2D eigenvalue weighted by Crippen LogP contribution is -2.42. The molecule has 3 heterocycles. The molecule has 0 aliphatic carbocycles. The summed E-state index contributed by atoms with van der Waals surface area (Å²) in [5, 5.41) is 16.4. The standard InChI is InChI=1S/C25H33FN7O7P/c1-6-25(26)19(34)17(39-23(25)33-13-29-18-20(28-5)30-24(27)31-21(18)33)12-37-41(36,40-16-10-8-7-9-11-16)32-15(4)22(35)38-14(2)3/h6-11,13-15,17,19,23,34H,1,12H2,2-5H3,(H,32,36)(H3,27,28,30,31)/t15?,17-,19-,23-,25-,41+/m1/s1. The zero-order valence-corrected chi connectivity index (χ0v) is 23.8. The van der Waals surface area contributed by atoms with Gasteiger partial charge in [0.25, 0.3) is 0 Å². The van der Waals surface area contributed by atoms with E-state index in [-0.39, 0.29) is 22.9 Å². The van der Waals surface area contributed by atoms with Gasteiger partial charge in [-0.1, -0.05) is 24.8 Å². The van der Waals surface area contributed by atoms with Crippen LogP contribution in [0.3, 0.4) is 0 Å². The maximum atomic E-state index is 16.3. The molecule has 0 amide bonds. The third-order valence-corrected chi connectivity index (χ3v) is 7.81. The molecule has 0 saturated carbocycles. The predicted molar refractivity (Wildman–Crippen MR) is 148 cm³/mol. The molecule has 2 aromatic heterocycles. The number of benzene rings is 1. The molecular weight excluding hydrogens is 560 g/mol. The number of alkyl halides is 1. The number of anilines is 2. The summed E-state index contributed by atoms with van der Waals surface area (Å²) < 4.78 is 53.6. The van der Waals surface area contributed by atoms with Gasteiger partial charge in [0.15, 0.2) is 23.2 Å². The van der Waals surface area contributed by atoms with Gasteiger partial charge in [-0.2, -0.15) is 15.1 Å². The minimum atomic E-state index is -4.31. The van der Waals surface area contributed by atoms with Gasteiger partial charge in [0.05, 0.1) is 19.0 Å². The van der Waals surface area contributed by atoms with Crippen LogP contribution in [0.1, 0.15) is 27.0 Å². The van der Waals surface area contributed by atoms with Crippen LogP contribution in [0.5, 0.6) is 5.75 Å². The van der Waals surface area contributed by atoms with E-state index in [1.807, 2.05) is 0 Å². The minimum Gasteiger partial charge on any atom is -0.462 e. The lowest BCUT2D eigenvalue weighted by molar-refractivity contribution is -0.149. The summed E-state index contributed by atoms with van der Waals surface area (Å²) in [5.74, 6) is -0.309. The Morgan fingerprint density at radius 2 is 2.05 bits per heavy atom. The number of nitrogens with zero attached hydrogens (tertiary/aromatic N) is 4. The van der Waals surface area contributed by atoms with Crippen LogP contribution >= 0.6 is 7.75 Å². The molecule has 3 aromatic rings. The molecule has 1 aliphatic rings. The van der Waals surface area contributed by atoms with Crippen LogP contribution in [-0.4, -0.2) is 74.3 Å². The third kappa shape index (κ3) is 6.34. The zero-order chi connectivity index (χ0) is 29.9. The number of hydrogen-bond donors (Lipinski definition) is 4. The molecule has 1 unspecified atom stereocenters. The third-order valence-electron chi connectivity index (χ3n) is 6.16. The summed E-state index contributed by atoms with van der Waals surface area (Å²) in [6.07, 6.45) is -2.93. The Balaban J connectivity index is 1.59. The number of aliphatic hydroxyl groups is 1. The number of halogens is 1. The molecule has 1 aromatic carbocycles. The van der Waals surface area contributed by atoms with Crippen molar-refractivity contribution in [1.82, 2.24) is 24.6 Å². The summed E-state index contributed by atoms with van der Waals surface area (Å²) in [5.41, 5.74) is 3.70. The monoisotopic (exact) mass is 593 g/mol. The van der Waals surface area contributed by atoms with Crippen molar-refractivity contribution in [3.63, 3.8) is 0 Å². The van der Waals surface area contributed by atoms with Crippen LogP contribution in [0, 0.1) is 0 Å². The fourth-order valence-electron chi connectivity index (χ4n) is 4.19. The largest absolute Gasteiger partial charge is 0.462 e. The SMILES string of the molecule is C=C[C@@]1(F)[C@H](O)[C@@H](CO[P@@](=O)(NC(C)C(=O)OC(C)C)Oc2ccccc2)O[C@H]1n1cnc2c(NC)nc(N)nc21. The highest BCUT2D eigenvalue weighted by molar-refractivity contribution is 7.52. The first kappa shape index (κ1) is 30.3. The highest BCUT2D eigenvalue weighted by Gasteiger charge is 2.57. The molecular formula is C25H33FN7O7P. The van der Waals surface area contributed by atoms with Crippen molar-refractivity contribution in [1.29, 1.82) is 0 Å².